The molecule has 7 heteroatoms. The molecule has 0 saturated carbocycles. The van der Waals surface area contributed by atoms with Crippen LogP contribution in [0, 0.1) is 19.8 Å². The normalized spacial score (nSPS) is 28.5. The number of fused-ring (bicyclic) bond motifs is 1. The number of nitrogens with one attached hydrogen (secondary N) is 3. The highest BCUT2D eigenvalue weighted by Crippen LogP contribution is 2.44. The molecule has 4 unspecified atom stereocenters. The van der Waals surface area contributed by atoms with Crippen LogP contribution in [0.5, 0.6) is 0 Å². The molecule has 2 aliphatic heterocycles. The van der Waals surface area contributed by atoms with E-state index in [2.05, 4.69) is 65.9 Å². The van der Waals surface area contributed by atoms with E-state index in [0.717, 1.165) is 12.2 Å². The Morgan fingerprint density at radius 2 is 2.00 bits per heavy atom. The Morgan fingerprint density at radius 1 is 1.23 bits per heavy atom. The molecule has 1 aromatic heterocycles. The smallest absolute Gasteiger partial charge is 0.231 e. The standard InChI is InChI=1S/C19H25N5OS/c1-11-17-18(26-10-15(25)20-19(17)22-21-11)16-12(2)23-24(13(16)3)9-14-7-5-4-6-8-14/h4-8,11,17-19,21-22H,9-10H2,1-3H3,(H,20,25). The van der Waals surface area contributed by atoms with E-state index >= 15 is 0 Å². The lowest BCUT2D eigenvalue weighted by Crippen LogP contribution is -2.46. The molecule has 4 atom stereocenters. The van der Waals surface area contributed by atoms with Crippen molar-refractivity contribution < 1.29 is 4.79 Å². The van der Waals surface area contributed by atoms with Gasteiger partial charge in [-0.15, -0.1) is 11.8 Å². The van der Waals surface area contributed by atoms with Crippen molar-refractivity contribution in [2.45, 2.75) is 44.8 Å². The Kier molecular flexibility index (Phi) is 4.77. The summed E-state index contributed by atoms with van der Waals surface area (Å²) in [6.45, 7) is 7.17. The summed E-state index contributed by atoms with van der Waals surface area (Å²) in [5, 5.41) is 8.15. The number of thioether (sulfide) groups is 1. The van der Waals surface area contributed by atoms with E-state index < -0.39 is 0 Å². The van der Waals surface area contributed by atoms with Crippen LogP contribution >= 0.6 is 11.8 Å². The zero-order valence-corrected chi connectivity index (χ0v) is 16.1. The number of aryl methyl sites for hydroxylation is 1. The van der Waals surface area contributed by atoms with Crippen LogP contribution in [0.4, 0.5) is 0 Å². The lowest BCUT2D eigenvalue weighted by atomic mass is 9.90. The third-order valence-corrected chi connectivity index (χ3v) is 6.72. The summed E-state index contributed by atoms with van der Waals surface area (Å²) in [6, 6.07) is 10.7. The minimum absolute atomic E-state index is 0.0474. The van der Waals surface area contributed by atoms with Crippen LogP contribution in [-0.4, -0.2) is 33.6 Å². The van der Waals surface area contributed by atoms with Gasteiger partial charge in [-0.25, -0.2) is 5.43 Å². The minimum Gasteiger partial charge on any atom is -0.338 e. The van der Waals surface area contributed by atoms with E-state index in [9.17, 15) is 4.79 Å². The van der Waals surface area contributed by atoms with Crippen LogP contribution in [0.3, 0.4) is 0 Å². The maximum atomic E-state index is 12.1. The number of hydrogen-bond donors (Lipinski definition) is 3. The molecule has 0 radical (unpaired) electrons. The number of amides is 1. The van der Waals surface area contributed by atoms with Gasteiger partial charge in [0, 0.05) is 28.5 Å². The predicted molar refractivity (Wildman–Crippen MR) is 104 cm³/mol. The fraction of sp³-hybridized carbons (Fsp3) is 0.474. The minimum atomic E-state index is -0.0474. The van der Waals surface area contributed by atoms with Crippen molar-refractivity contribution in [3.05, 3.63) is 52.8 Å². The Hall–Kier alpha value is -1.83. The summed E-state index contributed by atoms with van der Waals surface area (Å²) in [7, 11) is 0. The van der Waals surface area contributed by atoms with Crippen LogP contribution in [0.25, 0.3) is 0 Å². The summed E-state index contributed by atoms with van der Waals surface area (Å²) in [4.78, 5) is 12.1. The topological polar surface area (TPSA) is 71.0 Å². The van der Waals surface area contributed by atoms with Gasteiger partial charge in [0.1, 0.15) is 0 Å². The zero-order chi connectivity index (χ0) is 18.3. The Labute approximate surface area is 158 Å². The Bertz CT molecular complexity index is 806. The van der Waals surface area contributed by atoms with Crippen LogP contribution < -0.4 is 16.2 Å². The second kappa shape index (κ2) is 7.06. The molecule has 0 aliphatic carbocycles. The van der Waals surface area contributed by atoms with Crippen molar-refractivity contribution in [3.8, 4) is 0 Å². The number of benzene rings is 1. The summed E-state index contributed by atoms with van der Waals surface area (Å²) >= 11 is 1.73. The molecule has 1 amide bonds. The predicted octanol–water partition coefficient (Wildman–Crippen LogP) is 1.89. The van der Waals surface area contributed by atoms with Crippen LogP contribution in [0.15, 0.2) is 30.3 Å². The highest BCUT2D eigenvalue weighted by Gasteiger charge is 2.44. The molecule has 26 heavy (non-hydrogen) atoms. The number of aromatic nitrogens is 2. The fourth-order valence-electron chi connectivity index (χ4n) is 4.07. The maximum Gasteiger partial charge on any atom is 0.231 e. The lowest BCUT2D eigenvalue weighted by Gasteiger charge is -2.27. The SMILES string of the molecule is Cc1nn(Cc2ccccc2)c(C)c1C1SCC(=O)NC2NNC(C)C21. The number of rotatable bonds is 3. The van der Waals surface area contributed by atoms with Crippen molar-refractivity contribution in [1.29, 1.82) is 0 Å². The molecule has 2 aliphatic rings. The second-order valence-electron chi connectivity index (χ2n) is 7.16. The molecule has 0 spiro atoms. The van der Waals surface area contributed by atoms with Gasteiger partial charge in [0.05, 0.1) is 24.2 Å². The molecule has 3 heterocycles. The average Bonchev–Trinajstić information content (AvgIpc) is 3.04. The summed E-state index contributed by atoms with van der Waals surface area (Å²) < 4.78 is 2.09. The van der Waals surface area contributed by atoms with Crippen LogP contribution in [0.1, 0.15) is 34.7 Å². The van der Waals surface area contributed by atoms with Crippen molar-refractivity contribution in [1.82, 2.24) is 25.9 Å². The monoisotopic (exact) mass is 371 g/mol. The molecule has 0 bridgehead atoms. The first-order chi connectivity index (χ1) is 12.5. The molecule has 2 fully saturated rings. The molecule has 3 N–H and O–H groups in total. The number of carbonyl (C=O) groups excluding carboxylic acids is 1. The van der Waals surface area contributed by atoms with Gasteiger partial charge in [-0.2, -0.15) is 5.10 Å². The van der Waals surface area contributed by atoms with Gasteiger partial charge in [0.2, 0.25) is 5.91 Å². The summed E-state index contributed by atoms with van der Waals surface area (Å²) in [5.74, 6) is 0.843. The van der Waals surface area contributed by atoms with E-state index in [0.29, 0.717) is 5.75 Å². The first kappa shape index (κ1) is 17.6. The molecule has 2 saturated heterocycles. The molecule has 138 valence electrons. The van der Waals surface area contributed by atoms with Gasteiger partial charge in [-0.1, -0.05) is 30.3 Å². The molecule has 2 aromatic rings. The molecule has 6 nitrogen and oxygen atoms in total. The third-order valence-electron chi connectivity index (χ3n) is 5.39. The number of hydrazine groups is 1. The summed E-state index contributed by atoms with van der Waals surface area (Å²) in [6.07, 6.45) is -0.0474. The number of carbonyl (C=O) groups is 1. The van der Waals surface area contributed by atoms with E-state index in [-0.39, 0.29) is 29.3 Å². The van der Waals surface area contributed by atoms with Crippen LogP contribution in [0.2, 0.25) is 0 Å². The highest BCUT2D eigenvalue weighted by atomic mass is 32.2. The van der Waals surface area contributed by atoms with E-state index in [1.165, 1.54) is 16.8 Å². The van der Waals surface area contributed by atoms with E-state index in [1.54, 1.807) is 11.8 Å². The van der Waals surface area contributed by atoms with Gasteiger partial charge < -0.3 is 5.32 Å². The average molecular weight is 372 g/mol. The zero-order valence-electron chi connectivity index (χ0n) is 15.3. The second-order valence-corrected chi connectivity index (χ2v) is 8.29. The van der Waals surface area contributed by atoms with Gasteiger partial charge in [-0.05, 0) is 26.3 Å². The van der Waals surface area contributed by atoms with Gasteiger partial charge in [0.15, 0.2) is 0 Å². The Balaban J connectivity index is 1.69. The van der Waals surface area contributed by atoms with Crippen molar-refractivity contribution in [3.63, 3.8) is 0 Å². The molecular weight excluding hydrogens is 346 g/mol. The van der Waals surface area contributed by atoms with Crippen molar-refractivity contribution >= 4 is 17.7 Å². The van der Waals surface area contributed by atoms with Gasteiger partial charge >= 0.3 is 0 Å². The fourth-order valence-corrected chi connectivity index (χ4v) is 5.61. The largest absolute Gasteiger partial charge is 0.338 e. The van der Waals surface area contributed by atoms with Gasteiger partial charge in [0.25, 0.3) is 0 Å². The van der Waals surface area contributed by atoms with E-state index in [1.807, 2.05) is 6.07 Å². The quantitative estimate of drug-likeness (QED) is 0.769. The number of nitrogens with zero attached hydrogens (tertiary/aromatic N) is 2. The molecular formula is C19H25N5OS. The van der Waals surface area contributed by atoms with E-state index in [4.69, 9.17) is 5.10 Å². The molecule has 1 aromatic carbocycles. The first-order valence-electron chi connectivity index (χ1n) is 9.04. The van der Waals surface area contributed by atoms with Crippen molar-refractivity contribution in [2.24, 2.45) is 5.92 Å². The third kappa shape index (κ3) is 3.15. The number of hydrogen-bond acceptors (Lipinski definition) is 5. The first-order valence-corrected chi connectivity index (χ1v) is 10.1. The Morgan fingerprint density at radius 3 is 2.77 bits per heavy atom. The van der Waals surface area contributed by atoms with Crippen LogP contribution in [-0.2, 0) is 11.3 Å². The summed E-state index contributed by atoms with van der Waals surface area (Å²) in [5.41, 5.74) is 11.3. The maximum absolute atomic E-state index is 12.1. The van der Waals surface area contributed by atoms with Crippen molar-refractivity contribution in [2.75, 3.05) is 5.75 Å². The van der Waals surface area contributed by atoms with Gasteiger partial charge in [-0.3, -0.25) is 14.9 Å². The highest BCUT2D eigenvalue weighted by molar-refractivity contribution is 8.00. The molecule has 4 rings (SSSR count). The lowest BCUT2D eigenvalue weighted by molar-refractivity contribution is -0.119.